The number of hydrogen-bond donors (Lipinski definition) is 0. The molecule has 0 amide bonds. The second kappa shape index (κ2) is 7.20. The Morgan fingerprint density at radius 3 is 2.20 bits per heavy atom. The first-order valence-electron chi connectivity index (χ1n) is 8.87. The van der Waals surface area contributed by atoms with Gasteiger partial charge in [0.1, 0.15) is 5.82 Å². The lowest BCUT2D eigenvalue weighted by atomic mass is 9.78. The van der Waals surface area contributed by atoms with E-state index in [-0.39, 0.29) is 5.82 Å². The molecule has 0 N–H and O–H groups in total. The predicted molar refractivity (Wildman–Crippen MR) is 102 cm³/mol. The summed E-state index contributed by atoms with van der Waals surface area (Å²) in [5.74, 6) is -0.181. The normalized spacial score (nSPS) is 24.0. The fourth-order valence-electron chi connectivity index (χ4n) is 3.13. The molecule has 2 aliphatic heterocycles. The fourth-order valence-corrected chi connectivity index (χ4v) is 3.66. The molecule has 0 unspecified atom stereocenters. The number of nitrogens with zero attached hydrogens (tertiary/aromatic N) is 2. The predicted octanol–water partition coefficient (Wildman–Crippen LogP) is 2.52. The van der Waals surface area contributed by atoms with Crippen LogP contribution in [0.5, 0.6) is 0 Å². The molecule has 1 aromatic rings. The zero-order valence-corrected chi connectivity index (χ0v) is 16.7. The van der Waals surface area contributed by atoms with Crippen LogP contribution < -0.4 is 5.46 Å². The van der Waals surface area contributed by atoms with E-state index in [4.69, 9.17) is 9.31 Å². The fraction of sp³-hybridized carbons (Fsp3) is 0.667. The van der Waals surface area contributed by atoms with Crippen molar-refractivity contribution in [2.45, 2.75) is 45.4 Å². The third-order valence-electron chi connectivity index (χ3n) is 5.59. The SMILES string of the molecule is CSN1CCN(Cc2ccc(B3OC(C)(C)C(C)(C)O3)cc2F)CC1. The van der Waals surface area contributed by atoms with Gasteiger partial charge in [0.15, 0.2) is 0 Å². The van der Waals surface area contributed by atoms with Crippen LogP contribution >= 0.6 is 11.9 Å². The first-order chi connectivity index (χ1) is 11.7. The molecule has 2 heterocycles. The molecule has 7 heteroatoms. The number of benzene rings is 1. The van der Waals surface area contributed by atoms with Crippen molar-refractivity contribution in [3.63, 3.8) is 0 Å². The van der Waals surface area contributed by atoms with Crippen LogP contribution in [0.4, 0.5) is 4.39 Å². The third-order valence-corrected chi connectivity index (χ3v) is 6.47. The Morgan fingerprint density at radius 1 is 1.08 bits per heavy atom. The Labute approximate surface area is 155 Å². The summed E-state index contributed by atoms with van der Waals surface area (Å²) in [5, 5.41) is 0. The number of hydrogen-bond acceptors (Lipinski definition) is 5. The Kier molecular flexibility index (Phi) is 5.52. The van der Waals surface area contributed by atoms with Crippen LogP contribution in [0, 0.1) is 5.82 Å². The zero-order valence-electron chi connectivity index (χ0n) is 15.8. The molecule has 3 rings (SSSR count). The highest BCUT2D eigenvalue weighted by molar-refractivity contribution is 7.96. The number of halogens is 1. The molecular formula is C18H28BFN2O2S. The van der Waals surface area contributed by atoms with Gasteiger partial charge in [-0.25, -0.2) is 8.70 Å². The molecule has 25 heavy (non-hydrogen) atoms. The highest BCUT2D eigenvalue weighted by Gasteiger charge is 2.51. The first kappa shape index (κ1) is 19.2. The van der Waals surface area contributed by atoms with Gasteiger partial charge in [0.2, 0.25) is 0 Å². The van der Waals surface area contributed by atoms with Gasteiger partial charge in [0.25, 0.3) is 0 Å². The molecule has 0 atom stereocenters. The minimum absolute atomic E-state index is 0.181. The quantitative estimate of drug-likeness (QED) is 0.603. The van der Waals surface area contributed by atoms with Crippen molar-refractivity contribution in [2.24, 2.45) is 0 Å². The van der Waals surface area contributed by atoms with Gasteiger partial charge in [-0.15, -0.1) is 0 Å². The minimum atomic E-state index is -0.515. The van der Waals surface area contributed by atoms with Crippen molar-refractivity contribution < 1.29 is 13.7 Å². The zero-order chi connectivity index (χ0) is 18.2. The van der Waals surface area contributed by atoms with Gasteiger partial charge in [-0.3, -0.25) is 4.90 Å². The van der Waals surface area contributed by atoms with Crippen LogP contribution in [-0.4, -0.2) is 60.0 Å². The van der Waals surface area contributed by atoms with Crippen LogP contribution in [0.15, 0.2) is 18.2 Å². The Hall–Kier alpha value is -0.595. The Bertz CT molecular complexity index is 605. The first-order valence-corrected chi connectivity index (χ1v) is 10.1. The summed E-state index contributed by atoms with van der Waals surface area (Å²) in [7, 11) is -0.515. The van der Waals surface area contributed by atoms with Crippen molar-refractivity contribution in [1.29, 1.82) is 0 Å². The molecule has 0 aliphatic carbocycles. The second-order valence-corrected chi connectivity index (χ2v) is 8.71. The van der Waals surface area contributed by atoms with E-state index in [2.05, 4.69) is 15.5 Å². The number of rotatable bonds is 4. The molecule has 1 aromatic carbocycles. The Morgan fingerprint density at radius 2 is 1.68 bits per heavy atom. The topological polar surface area (TPSA) is 24.9 Å². The van der Waals surface area contributed by atoms with E-state index in [0.29, 0.717) is 6.54 Å². The second-order valence-electron chi connectivity index (χ2n) is 7.83. The lowest BCUT2D eigenvalue weighted by Gasteiger charge is -2.33. The maximum Gasteiger partial charge on any atom is 0.494 e. The summed E-state index contributed by atoms with van der Waals surface area (Å²) < 4.78 is 29.0. The summed E-state index contributed by atoms with van der Waals surface area (Å²) in [6, 6.07) is 5.37. The van der Waals surface area contributed by atoms with Gasteiger partial charge in [-0.1, -0.05) is 24.1 Å². The largest absolute Gasteiger partial charge is 0.494 e. The van der Waals surface area contributed by atoms with Gasteiger partial charge in [0, 0.05) is 38.3 Å². The maximum absolute atomic E-state index is 14.6. The van der Waals surface area contributed by atoms with Gasteiger partial charge in [-0.05, 0) is 45.5 Å². The van der Waals surface area contributed by atoms with Gasteiger partial charge in [0.05, 0.1) is 11.2 Å². The monoisotopic (exact) mass is 366 g/mol. The highest BCUT2D eigenvalue weighted by atomic mass is 32.2. The summed E-state index contributed by atoms with van der Waals surface area (Å²) in [4.78, 5) is 2.31. The van der Waals surface area contributed by atoms with E-state index in [9.17, 15) is 4.39 Å². The van der Waals surface area contributed by atoms with Crippen LogP contribution in [0.3, 0.4) is 0 Å². The molecule has 0 radical (unpaired) electrons. The summed E-state index contributed by atoms with van der Waals surface area (Å²) >= 11 is 1.78. The molecule has 0 bridgehead atoms. The molecule has 0 spiro atoms. The molecule has 0 saturated carbocycles. The molecule has 0 aromatic heterocycles. The van der Waals surface area contributed by atoms with E-state index in [1.165, 1.54) is 0 Å². The lowest BCUT2D eigenvalue weighted by Crippen LogP contribution is -2.43. The van der Waals surface area contributed by atoms with E-state index in [0.717, 1.165) is 37.2 Å². The summed E-state index contributed by atoms with van der Waals surface area (Å²) in [6.45, 7) is 12.7. The van der Waals surface area contributed by atoms with Crippen molar-refractivity contribution in [3.8, 4) is 0 Å². The molecule has 2 fully saturated rings. The van der Waals surface area contributed by atoms with Crippen molar-refractivity contribution in [1.82, 2.24) is 9.21 Å². The van der Waals surface area contributed by atoms with Crippen molar-refractivity contribution in [3.05, 3.63) is 29.6 Å². The molecule has 4 nitrogen and oxygen atoms in total. The van der Waals surface area contributed by atoms with E-state index >= 15 is 0 Å². The molecule has 2 aliphatic rings. The molecule has 138 valence electrons. The van der Waals surface area contributed by atoms with E-state index in [1.807, 2.05) is 39.8 Å². The van der Waals surface area contributed by atoms with Crippen molar-refractivity contribution in [2.75, 3.05) is 32.4 Å². The average molecular weight is 366 g/mol. The molecular weight excluding hydrogens is 338 g/mol. The number of piperazine rings is 1. The van der Waals surface area contributed by atoms with Crippen molar-refractivity contribution >= 4 is 24.5 Å². The van der Waals surface area contributed by atoms with Gasteiger partial charge < -0.3 is 9.31 Å². The van der Waals surface area contributed by atoms with E-state index in [1.54, 1.807) is 18.0 Å². The molecule has 2 saturated heterocycles. The van der Waals surface area contributed by atoms with Crippen LogP contribution in [0.2, 0.25) is 0 Å². The van der Waals surface area contributed by atoms with E-state index < -0.39 is 18.3 Å². The minimum Gasteiger partial charge on any atom is -0.399 e. The smallest absolute Gasteiger partial charge is 0.399 e. The van der Waals surface area contributed by atoms with Gasteiger partial charge in [-0.2, -0.15) is 0 Å². The lowest BCUT2D eigenvalue weighted by molar-refractivity contribution is 0.00578. The summed E-state index contributed by atoms with van der Waals surface area (Å²) in [5.41, 5.74) is 0.651. The Balaban J connectivity index is 1.66. The third kappa shape index (κ3) is 4.06. The van der Waals surface area contributed by atoms with Crippen LogP contribution in [0.25, 0.3) is 0 Å². The highest BCUT2D eigenvalue weighted by Crippen LogP contribution is 2.36. The summed E-state index contributed by atoms with van der Waals surface area (Å²) in [6.07, 6.45) is 2.10. The standard InChI is InChI=1S/C18H28BFN2O2S/c1-17(2)18(3,4)24-19(23-17)15-7-6-14(16(20)12-15)13-21-8-10-22(25-5)11-9-21/h6-7,12H,8-11,13H2,1-5H3. The average Bonchev–Trinajstić information content (AvgIpc) is 2.78. The van der Waals surface area contributed by atoms with Crippen LogP contribution in [-0.2, 0) is 15.9 Å². The van der Waals surface area contributed by atoms with Gasteiger partial charge >= 0.3 is 7.12 Å². The van der Waals surface area contributed by atoms with Crippen LogP contribution in [0.1, 0.15) is 33.3 Å². The maximum atomic E-state index is 14.6.